The average molecular weight is 390 g/mol. The molecule has 1 atom stereocenters. The van der Waals surface area contributed by atoms with Crippen molar-refractivity contribution in [2.45, 2.75) is 20.0 Å². The van der Waals surface area contributed by atoms with Gasteiger partial charge in [0.05, 0.1) is 5.56 Å². The second-order valence-electron chi connectivity index (χ2n) is 5.80. The van der Waals surface area contributed by atoms with Crippen LogP contribution >= 0.6 is 11.3 Å². The first-order valence-corrected chi connectivity index (χ1v) is 8.97. The second-order valence-corrected chi connectivity index (χ2v) is 7.27. The van der Waals surface area contributed by atoms with Crippen LogP contribution in [-0.2, 0) is 14.3 Å². The standard InChI is InChI=1S/C18H18N2O6S/c1-10-7-12(11(2)27-10)18(23)25-9-16(21)19-20-17(22)15-8-24-13-5-3-4-6-14(13)26-15/h3-7,15H,8-9H2,1-2H3,(H,19,21)(H,20,22). The first-order valence-electron chi connectivity index (χ1n) is 8.15. The minimum Gasteiger partial charge on any atom is -0.485 e. The van der Waals surface area contributed by atoms with Crippen LogP contribution in [0, 0.1) is 13.8 Å². The maximum absolute atomic E-state index is 12.1. The Bertz CT molecular complexity index is 878. The minimum atomic E-state index is -0.904. The molecule has 8 nitrogen and oxygen atoms in total. The van der Waals surface area contributed by atoms with Crippen LogP contribution in [0.25, 0.3) is 0 Å². The number of rotatable bonds is 4. The number of hydrogen-bond acceptors (Lipinski definition) is 7. The highest BCUT2D eigenvalue weighted by molar-refractivity contribution is 7.12. The molecule has 0 aliphatic carbocycles. The monoisotopic (exact) mass is 390 g/mol. The molecule has 0 fully saturated rings. The molecule has 142 valence electrons. The van der Waals surface area contributed by atoms with Crippen molar-refractivity contribution in [2.24, 2.45) is 0 Å². The van der Waals surface area contributed by atoms with Crippen LogP contribution in [-0.4, -0.2) is 37.1 Å². The highest BCUT2D eigenvalue weighted by Crippen LogP contribution is 2.30. The molecule has 2 amide bonds. The Morgan fingerprint density at radius 2 is 1.93 bits per heavy atom. The van der Waals surface area contributed by atoms with E-state index >= 15 is 0 Å². The summed E-state index contributed by atoms with van der Waals surface area (Å²) in [6.45, 7) is 3.19. The fraction of sp³-hybridized carbons (Fsp3) is 0.278. The summed E-state index contributed by atoms with van der Waals surface area (Å²) in [6, 6.07) is 8.68. The lowest BCUT2D eigenvalue weighted by Gasteiger charge is -2.25. The van der Waals surface area contributed by atoms with E-state index in [2.05, 4.69) is 10.9 Å². The summed E-state index contributed by atoms with van der Waals surface area (Å²) >= 11 is 1.47. The Morgan fingerprint density at radius 1 is 1.19 bits per heavy atom. The van der Waals surface area contributed by atoms with E-state index in [9.17, 15) is 14.4 Å². The molecule has 0 bridgehead atoms. The van der Waals surface area contributed by atoms with Crippen LogP contribution in [0.5, 0.6) is 11.5 Å². The average Bonchev–Trinajstić information content (AvgIpc) is 3.01. The van der Waals surface area contributed by atoms with Gasteiger partial charge in [-0.2, -0.15) is 0 Å². The molecule has 2 heterocycles. The summed E-state index contributed by atoms with van der Waals surface area (Å²) in [5, 5.41) is 0. The third-order valence-electron chi connectivity index (χ3n) is 3.72. The van der Waals surface area contributed by atoms with E-state index < -0.39 is 30.5 Å². The Morgan fingerprint density at radius 3 is 2.63 bits per heavy atom. The first-order chi connectivity index (χ1) is 12.9. The lowest BCUT2D eigenvalue weighted by Crippen LogP contribution is -2.51. The van der Waals surface area contributed by atoms with Crippen molar-refractivity contribution in [2.75, 3.05) is 13.2 Å². The number of aryl methyl sites for hydroxylation is 2. The van der Waals surface area contributed by atoms with Crippen LogP contribution in [0.2, 0.25) is 0 Å². The highest BCUT2D eigenvalue weighted by Gasteiger charge is 2.27. The second kappa shape index (κ2) is 8.09. The normalized spacial score (nSPS) is 15.0. The molecule has 0 saturated heterocycles. The van der Waals surface area contributed by atoms with Gasteiger partial charge in [-0.3, -0.25) is 20.4 Å². The van der Waals surface area contributed by atoms with Crippen molar-refractivity contribution in [3.63, 3.8) is 0 Å². The zero-order valence-electron chi connectivity index (χ0n) is 14.7. The zero-order valence-corrected chi connectivity index (χ0v) is 15.6. The third kappa shape index (κ3) is 4.56. The van der Waals surface area contributed by atoms with Crippen molar-refractivity contribution in [1.29, 1.82) is 0 Å². The van der Waals surface area contributed by atoms with Gasteiger partial charge >= 0.3 is 5.97 Å². The van der Waals surface area contributed by atoms with Crippen LogP contribution in [0.1, 0.15) is 20.1 Å². The van der Waals surface area contributed by atoms with Crippen molar-refractivity contribution < 1.29 is 28.6 Å². The van der Waals surface area contributed by atoms with Gasteiger partial charge in [-0.05, 0) is 32.0 Å². The molecule has 1 aliphatic rings. The van der Waals surface area contributed by atoms with E-state index in [1.165, 1.54) is 11.3 Å². The number of carbonyl (C=O) groups is 3. The maximum atomic E-state index is 12.1. The van der Waals surface area contributed by atoms with E-state index in [-0.39, 0.29) is 6.61 Å². The quantitative estimate of drug-likeness (QED) is 0.606. The number of hydrazine groups is 1. The Kier molecular flexibility index (Phi) is 5.60. The highest BCUT2D eigenvalue weighted by atomic mass is 32.1. The summed E-state index contributed by atoms with van der Waals surface area (Å²) in [7, 11) is 0. The SMILES string of the molecule is Cc1cc(C(=O)OCC(=O)NNC(=O)C2COc3ccccc3O2)c(C)s1. The largest absolute Gasteiger partial charge is 0.485 e. The minimum absolute atomic E-state index is 0.0183. The molecule has 2 N–H and O–H groups in total. The molecular weight excluding hydrogens is 372 g/mol. The Hall–Kier alpha value is -3.07. The number of ether oxygens (including phenoxy) is 3. The van der Waals surface area contributed by atoms with Gasteiger partial charge < -0.3 is 14.2 Å². The Balaban J connectivity index is 1.43. The van der Waals surface area contributed by atoms with Gasteiger partial charge in [-0.1, -0.05) is 12.1 Å². The van der Waals surface area contributed by atoms with Gasteiger partial charge in [0, 0.05) is 9.75 Å². The number of amides is 2. The molecule has 9 heteroatoms. The summed E-state index contributed by atoms with van der Waals surface area (Å²) in [4.78, 5) is 37.6. The molecule has 3 rings (SSSR count). The smallest absolute Gasteiger partial charge is 0.339 e. The van der Waals surface area contributed by atoms with Gasteiger partial charge in [-0.15, -0.1) is 11.3 Å². The molecule has 1 aromatic carbocycles. The molecule has 0 spiro atoms. The van der Waals surface area contributed by atoms with Gasteiger partial charge in [0.15, 0.2) is 18.1 Å². The molecule has 1 aliphatic heterocycles. The molecule has 0 saturated carbocycles. The predicted octanol–water partition coefficient (Wildman–Crippen LogP) is 1.51. The zero-order chi connectivity index (χ0) is 19.4. The number of fused-ring (bicyclic) bond motifs is 1. The third-order valence-corrected chi connectivity index (χ3v) is 4.69. The van der Waals surface area contributed by atoms with Crippen LogP contribution in [0.15, 0.2) is 30.3 Å². The number of thiophene rings is 1. The Labute approximate surface area is 159 Å². The summed E-state index contributed by atoms with van der Waals surface area (Å²) < 4.78 is 15.9. The molecule has 2 aromatic rings. The topological polar surface area (TPSA) is 103 Å². The van der Waals surface area contributed by atoms with Gasteiger partial charge in [0.2, 0.25) is 6.10 Å². The van der Waals surface area contributed by atoms with Crippen molar-refractivity contribution >= 4 is 29.1 Å². The number of hydrogen-bond donors (Lipinski definition) is 2. The van der Waals surface area contributed by atoms with E-state index in [1.807, 2.05) is 6.92 Å². The van der Waals surface area contributed by atoms with E-state index in [4.69, 9.17) is 14.2 Å². The van der Waals surface area contributed by atoms with Crippen LogP contribution < -0.4 is 20.3 Å². The predicted molar refractivity (Wildman–Crippen MR) is 96.7 cm³/mol. The number of nitrogens with one attached hydrogen (secondary N) is 2. The molecule has 1 unspecified atom stereocenters. The number of carbonyl (C=O) groups excluding carboxylic acids is 3. The number of benzene rings is 1. The summed E-state index contributed by atoms with van der Waals surface area (Å²) in [5.41, 5.74) is 4.84. The molecular formula is C18H18N2O6S. The number of esters is 1. The van der Waals surface area contributed by atoms with Crippen LogP contribution in [0.4, 0.5) is 0 Å². The van der Waals surface area contributed by atoms with E-state index in [0.29, 0.717) is 17.1 Å². The fourth-order valence-electron chi connectivity index (χ4n) is 2.44. The molecule has 1 aromatic heterocycles. The van der Waals surface area contributed by atoms with Gasteiger partial charge in [0.25, 0.3) is 11.8 Å². The van der Waals surface area contributed by atoms with E-state index in [1.54, 1.807) is 37.3 Å². The lowest BCUT2D eigenvalue weighted by molar-refractivity contribution is -0.135. The fourth-order valence-corrected chi connectivity index (χ4v) is 3.35. The summed E-state index contributed by atoms with van der Waals surface area (Å²) in [5.74, 6) is -0.826. The lowest BCUT2D eigenvalue weighted by atomic mass is 10.2. The first kappa shape index (κ1) is 18.7. The number of para-hydroxylation sites is 2. The van der Waals surface area contributed by atoms with Gasteiger partial charge in [-0.25, -0.2) is 4.79 Å². The molecule has 0 radical (unpaired) electrons. The van der Waals surface area contributed by atoms with E-state index in [0.717, 1.165) is 9.75 Å². The van der Waals surface area contributed by atoms with Crippen molar-refractivity contribution in [3.05, 3.63) is 45.6 Å². The van der Waals surface area contributed by atoms with Crippen LogP contribution in [0.3, 0.4) is 0 Å². The van der Waals surface area contributed by atoms with Crippen molar-refractivity contribution in [1.82, 2.24) is 10.9 Å². The van der Waals surface area contributed by atoms with Gasteiger partial charge in [0.1, 0.15) is 6.61 Å². The van der Waals surface area contributed by atoms with Crippen molar-refractivity contribution in [3.8, 4) is 11.5 Å². The summed E-state index contributed by atoms with van der Waals surface area (Å²) in [6.07, 6.45) is -0.904. The maximum Gasteiger partial charge on any atom is 0.339 e. The molecule has 27 heavy (non-hydrogen) atoms.